The average molecular weight is 326 g/mol. The number of amides is 1. The van der Waals surface area contributed by atoms with Crippen molar-refractivity contribution in [1.29, 1.82) is 0 Å². The van der Waals surface area contributed by atoms with Gasteiger partial charge in [0.15, 0.2) is 0 Å². The Morgan fingerprint density at radius 1 is 1.22 bits per heavy atom. The number of rotatable bonds is 4. The summed E-state index contributed by atoms with van der Waals surface area (Å²) in [5, 5.41) is 11.5. The molecule has 0 atom stereocenters. The third kappa shape index (κ3) is 4.19. The highest BCUT2D eigenvalue weighted by atomic mass is 19.4. The van der Waals surface area contributed by atoms with Crippen molar-refractivity contribution >= 4 is 11.6 Å². The van der Waals surface area contributed by atoms with Crippen LogP contribution in [-0.2, 0) is 24.1 Å². The van der Waals surface area contributed by atoms with E-state index in [-0.39, 0.29) is 6.61 Å². The van der Waals surface area contributed by atoms with Crippen LogP contribution in [0.2, 0.25) is 0 Å². The molecule has 0 spiro atoms. The van der Waals surface area contributed by atoms with E-state index < -0.39 is 29.8 Å². The van der Waals surface area contributed by atoms with Crippen molar-refractivity contribution < 1.29 is 23.1 Å². The smallest absolute Gasteiger partial charge is 0.392 e. The molecule has 1 aromatic heterocycles. The number of anilines is 1. The van der Waals surface area contributed by atoms with E-state index in [0.717, 1.165) is 12.3 Å². The van der Waals surface area contributed by atoms with Crippen LogP contribution in [0.15, 0.2) is 47.4 Å². The van der Waals surface area contributed by atoms with Gasteiger partial charge in [0.05, 0.1) is 6.61 Å². The van der Waals surface area contributed by atoms with Crippen LogP contribution < -0.4 is 10.9 Å². The Balaban J connectivity index is 2.16. The van der Waals surface area contributed by atoms with Crippen molar-refractivity contribution in [3.05, 3.63) is 64.1 Å². The van der Waals surface area contributed by atoms with Gasteiger partial charge in [0.1, 0.15) is 12.1 Å². The lowest BCUT2D eigenvalue weighted by atomic mass is 10.2. The molecule has 0 aliphatic heterocycles. The molecule has 0 fully saturated rings. The number of halogens is 3. The molecular formula is C15H13F3N2O3. The second-order valence-corrected chi connectivity index (χ2v) is 4.76. The van der Waals surface area contributed by atoms with Gasteiger partial charge in [0.25, 0.3) is 5.56 Å². The molecule has 122 valence electrons. The second kappa shape index (κ2) is 6.66. The first-order valence-electron chi connectivity index (χ1n) is 6.57. The lowest BCUT2D eigenvalue weighted by molar-refractivity contribution is -0.139. The van der Waals surface area contributed by atoms with Crippen LogP contribution in [0.4, 0.5) is 18.9 Å². The van der Waals surface area contributed by atoms with Crippen molar-refractivity contribution in [2.24, 2.45) is 0 Å². The number of alkyl halides is 3. The standard InChI is InChI=1S/C15H13F3N2O3/c16-15(17,18)12-5-2-6-20(14(12)23)8-13(22)19-11-4-1-3-10(7-11)9-21/h1-7,21H,8-9H2,(H,19,22). The fraction of sp³-hybridized carbons (Fsp3) is 0.200. The molecule has 8 heteroatoms. The van der Waals surface area contributed by atoms with Crippen molar-refractivity contribution in [2.45, 2.75) is 19.3 Å². The predicted molar refractivity (Wildman–Crippen MR) is 76.7 cm³/mol. The van der Waals surface area contributed by atoms with Gasteiger partial charge in [0, 0.05) is 11.9 Å². The van der Waals surface area contributed by atoms with E-state index in [1.165, 1.54) is 6.07 Å². The third-order valence-electron chi connectivity index (χ3n) is 3.03. The number of carbonyl (C=O) groups is 1. The second-order valence-electron chi connectivity index (χ2n) is 4.76. The molecule has 0 radical (unpaired) electrons. The highest BCUT2D eigenvalue weighted by Gasteiger charge is 2.34. The SMILES string of the molecule is O=C(Cn1cccc(C(F)(F)F)c1=O)Nc1cccc(CO)c1. The molecule has 5 nitrogen and oxygen atoms in total. The quantitative estimate of drug-likeness (QED) is 0.903. The molecule has 0 unspecified atom stereocenters. The van der Waals surface area contributed by atoms with Crippen molar-refractivity contribution in [3.63, 3.8) is 0 Å². The van der Waals surface area contributed by atoms with E-state index >= 15 is 0 Å². The summed E-state index contributed by atoms with van der Waals surface area (Å²) in [6, 6.07) is 8.06. The van der Waals surface area contributed by atoms with E-state index in [0.29, 0.717) is 21.9 Å². The summed E-state index contributed by atoms with van der Waals surface area (Å²) in [6.45, 7) is -0.761. The number of aromatic nitrogens is 1. The fourth-order valence-electron chi connectivity index (χ4n) is 1.98. The van der Waals surface area contributed by atoms with Gasteiger partial charge < -0.3 is 15.0 Å². The molecule has 23 heavy (non-hydrogen) atoms. The number of pyridine rings is 1. The Morgan fingerprint density at radius 3 is 2.61 bits per heavy atom. The lowest BCUT2D eigenvalue weighted by Gasteiger charge is -2.11. The molecule has 0 saturated heterocycles. The highest BCUT2D eigenvalue weighted by Crippen LogP contribution is 2.25. The number of aliphatic hydroxyl groups excluding tert-OH is 1. The van der Waals surface area contributed by atoms with Gasteiger partial charge in [-0.3, -0.25) is 9.59 Å². The summed E-state index contributed by atoms with van der Waals surface area (Å²) < 4.78 is 38.7. The summed E-state index contributed by atoms with van der Waals surface area (Å²) in [4.78, 5) is 23.6. The summed E-state index contributed by atoms with van der Waals surface area (Å²) in [5.74, 6) is -0.651. The van der Waals surface area contributed by atoms with Crippen LogP contribution in [-0.4, -0.2) is 15.6 Å². The number of hydrogen-bond donors (Lipinski definition) is 2. The van der Waals surface area contributed by atoms with Crippen molar-refractivity contribution in [2.75, 3.05) is 5.32 Å². The summed E-state index contributed by atoms with van der Waals surface area (Å²) in [6.07, 6.45) is -3.66. The minimum atomic E-state index is -4.77. The third-order valence-corrected chi connectivity index (χ3v) is 3.03. The molecule has 2 aromatic rings. The zero-order valence-corrected chi connectivity index (χ0v) is 11.8. The van der Waals surface area contributed by atoms with E-state index in [2.05, 4.69) is 5.32 Å². The van der Waals surface area contributed by atoms with Crippen molar-refractivity contribution in [3.8, 4) is 0 Å². The van der Waals surface area contributed by atoms with Crippen LogP contribution >= 0.6 is 0 Å². The molecule has 0 aliphatic rings. The van der Waals surface area contributed by atoms with Crippen LogP contribution in [0.1, 0.15) is 11.1 Å². The largest absolute Gasteiger partial charge is 0.421 e. The molecule has 0 aliphatic carbocycles. The molecular weight excluding hydrogens is 313 g/mol. The van der Waals surface area contributed by atoms with Crippen LogP contribution in [0.5, 0.6) is 0 Å². The summed E-state index contributed by atoms with van der Waals surface area (Å²) >= 11 is 0. The summed E-state index contributed by atoms with van der Waals surface area (Å²) in [5.41, 5.74) is -1.66. The van der Waals surface area contributed by atoms with Crippen molar-refractivity contribution in [1.82, 2.24) is 4.57 Å². The Hall–Kier alpha value is -2.61. The van der Waals surface area contributed by atoms with Gasteiger partial charge in [-0.25, -0.2) is 0 Å². The molecule has 1 heterocycles. The first-order chi connectivity index (χ1) is 10.8. The van der Waals surface area contributed by atoms with E-state index in [4.69, 9.17) is 5.11 Å². The summed E-state index contributed by atoms with van der Waals surface area (Å²) in [7, 11) is 0. The number of nitrogens with one attached hydrogen (secondary N) is 1. The Bertz CT molecular complexity index is 769. The van der Waals surface area contributed by atoms with Crippen LogP contribution in [0.25, 0.3) is 0 Å². The first kappa shape index (κ1) is 16.8. The zero-order valence-electron chi connectivity index (χ0n) is 11.8. The number of benzene rings is 1. The highest BCUT2D eigenvalue weighted by molar-refractivity contribution is 5.90. The lowest BCUT2D eigenvalue weighted by Crippen LogP contribution is -2.31. The molecule has 0 saturated carbocycles. The maximum Gasteiger partial charge on any atom is 0.421 e. The molecule has 1 amide bonds. The minimum Gasteiger partial charge on any atom is -0.392 e. The molecule has 2 rings (SSSR count). The number of nitrogens with zero attached hydrogens (tertiary/aromatic N) is 1. The average Bonchev–Trinajstić information content (AvgIpc) is 2.48. The van der Waals surface area contributed by atoms with E-state index in [1.807, 2.05) is 0 Å². The van der Waals surface area contributed by atoms with Gasteiger partial charge in [-0.05, 0) is 29.8 Å². The van der Waals surface area contributed by atoms with E-state index in [1.54, 1.807) is 18.2 Å². The normalized spacial score (nSPS) is 11.3. The monoisotopic (exact) mass is 326 g/mol. The Morgan fingerprint density at radius 2 is 1.96 bits per heavy atom. The van der Waals surface area contributed by atoms with Gasteiger partial charge >= 0.3 is 6.18 Å². The zero-order chi connectivity index (χ0) is 17.0. The van der Waals surface area contributed by atoms with Crippen LogP contribution in [0, 0.1) is 0 Å². The van der Waals surface area contributed by atoms with Crippen LogP contribution in [0.3, 0.4) is 0 Å². The topological polar surface area (TPSA) is 71.3 Å². The van der Waals surface area contributed by atoms with Gasteiger partial charge in [-0.15, -0.1) is 0 Å². The Labute approximate surface area is 129 Å². The number of hydrogen-bond acceptors (Lipinski definition) is 3. The number of carbonyl (C=O) groups excluding carboxylic acids is 1. The molecule has 1 aromatic carbocycles. The predicted octanol–water partition coefficient (Wildman–Crippen LogP) is 2.00. The first-order valence-corrected chi connectivity index (χ1v) is 6.57. The van der Waals surface area contributed by atoms with E-state index in [9.17, 15) is 22.8 Å². The van der Waals surface area contributed by atoms with Gasteiger partial charge in [0.2, 0.25) is 5.91 Å². The Kier molecular flexibility index (Phi) is 4.85. The van der Waals surface area contributed by atoms with Gasteiger partial charge in [-0.1, -0.05) is 12.1 Å². The van der Waals surface area contributed by atoms with Gasteiger partial charge in [-0.2, -0.15) is 13.2 Å². The molecule has 0 bridgehead atoms. The molecule has 2 N–H and O–H groups in total. The maximum absolute atomic E-state index is 12.7. The minimum absolute atomic E-state index is 0.212. The maximum atomic E-state index is 12.7. The number of aliphatic hydroxyl groups is 1. The fourth-order valence-corrected chi connectivity index (χ4v) is 1.98.